The zero-order valence-electron chi connectivity index (χ0n) is 68.2. The summed E-state index contributed by atoms with van der Waals surface area (Å²) >= 11 is 0. The summed E-state index contributed by atoms with van der Waals surface area (Å²) in [6.07, 6.45) is 16.9. The highest BCUT2D eigenvalue weighted by molar-refractivity contribution is 5.95. The third-order valence-electron chi connectivity index (χ3n) is 24.8. The van der Waals surface area contributed by atoms with E-state index in [2.05, 4.69) is 264 Å². The van der Waals surface area contributed by atoms with Crippen LogP contribution < -0.4 is 44.1 Å². The van der Waals surface area contributed by atoms with Gasteiger partial charge in [0.15, 0.2) is 0 Å². The Balaban J connectivity index is 0.000000131. The largest absolute Gasteiger partial charge is 0.379 e. The number of hydrogen-bond acceptors (Lipinski definition) is 19. The van der Waals surface area contributed by atoms with Crippen LogP contribution >= 0.6 is 0 Å². The maximum atomic E-state index is 5.51. The van der Waals surface area contributed by atoms with Crippen molar-refractivity contribution in [3.63, 3.8) is 0 Å². The van der Waals surface area contributed by atoms with Crippen molar-refractivity contribution in [3.8, 4) is 0 Å². The Kier molecular flexibility index (Phi) is 24.4. The Morgan fingerprint density at radius 3 is 0.936 bits per heavy atom. The standard InChI is InChI=1S/C31H42N6O.C31H42N6.C29H40N6/c1-34(2)29-7-5-4-6-26(29)23-12-14-37(15-13-23)31-27-22-25(35(3)16-17-36-18-20-38-21-19-36)10-11-28(27)32-30(33-31)24-8-9-24;1-34(2)29-9-5-4-8-26(29)23-14-18-37(19-15-23)31-27-22-25(35(3)20-21-36-16-6-7-17-36)12-13-28(27)32-30(33-31)24-10-11-24;1-32(2)18-19-34(5)23-12-13-26-25(20-23)29(31-28(30-26)22-10-11-22)35-16-14-21(15-17-35)24-8-6-7-9-27(24)33(3)4/h4-7,10-11,22-24H,8-9,12-21H2,1-3H3;4-5,8-9,12-13,22-24H,6-7,10-11,14-21H2,1-3H3;6-9,12-13,20-22H,10-11,14-19H2,1-5H3. The highest BCUT2D eigenvalue weighted by atomic mass is 16.5. The Morgan fingerprint density at radius 1 is 0.318 bits per heavy atom. The number of benzene rings is 6. The molecule has 0 amide bonds. The Bertz CT molecular complexity index is 4540. The number of anilines is 9. The van der Waals surface area contributed by atoms with E-state index in [1.165, 1.54) is 131 Å². The lowest BCUT2D eigenvalue weighted by Gasteiger charge is -2.35. The Labute approximate surface area is 656 Å². The molecule has 3 aromatic heterocycles. The van der Waals surface area contributed by atoms with E-state index in [0.29, 0.717) is 35.5 Å². The monoisotopic (exact) mass is 1490 g/mol. The van der Waals surface area contributed by atoms with E-state index in [1.807, 2.05) is 0 Å². The molecular weight excluding hydrogens is 1360 g/mol. The van der Waals surface area contributed by atoms with E-state index in [9.17, 15) is 0 Å². The lowest BCUT2D eigenvalue weighted by Crippen LogP contribution is -2.40. The Hall–Kier alpha value is -8.62. The molecule has 19 nitrogen and oxygen atoms in total. The van der Waals surface area contributed by atoms with Crippen molar-refractivity contribution >= 4 is 84.3 Å². The van der Waals surface area contributed by atoms with Gasteiger partial charge in [-0.3, -0.25) is 4.90 Å². The van der Waals surface area contributed by atoms with E-state index in [0.717, 1.165) is 195 Å². The summed E-state index contributed by atoms with van der Waals surface area (Å²) in [5.74, 6) is 9.98. The summed E-state index contributed by atoms with van der Waals surface area (Å²) in [6, 6.07) is 47.1. The molecule has 0 spiro atoms. The van der Waals surface area contributed by atoms with Gasteiger partial charge in [-0.25, -0.2) is 29.9 Å². The number of rotatable bonds is 24. The molecular formula is C91H124N18O. The summed E-state index contributed by atoms with van der Waals surface area (Å²) in [7, 11) is 23.8. The fourth-order valence-corrected chi connectivity index (χ4v) is 17.4. The van der Waals surface area contributed by atoms with Gasteiger partial charge in [0.25, 0.3) is 0 Å². The zero-order valence-corrected chi connectivity index (χ0v) is 68.2. The van der Waals surface area contributed by atoms with Crippen LogP contribution in [-0.2, 0) is 4.74 Å². The van der Waals surface area contributed by atoms with Crippen molar-refractivity contribution in [3.05, 3.63) is 162 Å². The quantitative estimate of drug-likeness (QED) is 0.0569. The van der Waals surface area contributed by atoms with Crippen LogP contribution in [0.5, 0.6) is 0 Å². The maximum absolute atomic E-state index is 5.51. The van der Waals surface area contributed by atoms with Crippen LogP contribution in [0.3, 0.4) is 0 Å². The average Bonchev–Trinajstić information content (AvgIpc) is 1.19. The SMILES string of the molecule is CN(C)CCN(C)c1ccc2nc(C3CC3)nc(N3CCC(c4ccccc4N(C)C)CC3)c2c1.CN(C)c1ccccc1C1CCN(c2nc(C3CC3)nc3ccc(N(C)CCN4CCCC4)cc23)CC1.CN(C)c1ccccc1C1CCN(c2nc(C3CC3)nc3ccc(N(C)CCN4CCOCC4)cc23)CC1. The topological polar surface area (TPSA) is 125 Å². The smallest absolute Gasteiger partial charge is 0.140 e. The normalized spacial score (nSPS) is 18.4. The lowest BCUT2D eigenvalue weighted by atomic mass is 9.88. The number of piperidine rings is 3. The van der Waals surface area contributed by atoms with Crippen LogP contribution in [0.2, 0.25) is 0 Å². The first-order valence-corrected chi connectivity index (χ1v) is 41.8. The third-order valence-corrected chi connectivity index (χ3v) is 24.8. The van der Waals surface area contributed by atoms with Gasteiger partial charge in [0.05, 0.1) is 29.8 Å². The number of likely N-dealkylation sites (N-methyl/N-ethyl adjacent to an activating group) is 4. The molecule has 19 heteroatoms. The molecule has 5 saturated heterocycles. The van der Waals surface area contributed by atoms with Crippen LogP contribution in [0.4, 0.5) is 51.6 Å². The molecule has 0 unspecified atom stereocenters. The van der Waals surface area contributed by atoms with E-state index in [4.69, 9.17) is 34.6 Å². The van der Waals surface area contributed by atoms with Crippen LogP contribution in [0, 0.1) is 0 Å². The highest BCUT2D eigenvalue weighted by Gasteiger charge is 2.35. The molecule has 8 heterocycles. The van der Waals surface area contributed by atoms with Gasteiger partial charge in [0.2, 0.25) is 0 Å². The molecule has 3 saturated carbocycles. The van der Waals surface area contributed by atoms with Crippen LogP contribution in [0.25, 0.3) is 32.7 Å². The number of para-hydroxylation sites is 3. The molecule has 3 aliphatic carbocycles. The molecule has 110 heavy (non-hydrogen) atoms. The van der Waals surface area contributed by atoms with Gasteiger partial charge < -0.3 is 58.6 Å². The number of aromatic nitrogens is 6. The molecule has 0 bridgehead atoms. The second-order valence-corrected chi connectivity index (χ2v) is 33.9. The van der Waals surface area contributed by atoms with Crippen molar-refractivity contribution < 1.29 is 4.74 Å². The number of likely N-dealkylation sites (tertiary alicyclic amines) is 1. The molecule has 0 N–H and O–H groups in total. The first-order chi connectivity index (χ1) is 53.5. The molecule has 8 aliphatic rings. The highest BCUT2D eigenvalue weighted by Crippen LogP contribution is 2.46. The molecule has 17 rings (SSSR count). The summed E-state index contributed by atoms with van der Waals surface area (Å²) < 4.78 is 5.51. The van der Waals surface area contributed by atoms with Gasteiger partial charge in [-0.1, -0.05) is 54.6 Å². The predicted octanol–water partition coefficient (Wildman–Crippen LogP) is 15.2. The van der Waals surface area contributed by atoms with Gasteiger partial charge >= 0.3 is 0 Å². The number of morpholine rings is 1. The van der Waals surface area contributed by atoms with Gasteiger partial charge in [-0.05, 0) is 224 Å². The molecule has 8 fully saturated rings. The molecule has 9 aromatic rings. The fraction of sp³-hybridized carbons (Fsp3) is 0.538. The maximum Gasteiger partial charge on any atom is 0.140 e. The van der Waals surface area contributed by atoms with Crippen molar-refractivity contribution in [2.45, 2.75) is 125 Å². The molecule has 5 aliphatic heterocycles. The summed E-state index contributed by atoms with van der Waals surface area (Å²) in [5, 5.41) is 3.59. The van der Waals surface area contributed by atoms with Crippen molar-refractivity contribution in [1.82, 2.24) is 44.6 Å². The summed E-state index contributed by atoms with van der Waals surface area (Å²) in [5.41, 5.74) is 15.5. The molecule has 6 aromatic carbocycles. The van der Waals surface area contributed by atoms with Crippen LogP contribution in [0.15, 0.2) is 127 Å². The second kappa shape index (κ2) is 35.0. The van der Waals surface area contributed by atoms with Gasteiger partial charge in [0, 0.05) is 223 Å². The van der Waals surface area contributed by atoms with Crippen molar-refractivity contribution in [2.75, 3.05) is 240 Å². The molecule has 0 atom stereocenters. The second-order valence-electron chi connectivity index (χ2n) is 33.9. The predicted molar refractivity (Wildman–Crippen MR) is 461 cm³/mol. The van der Waals surface area contributed by atoms with Gasteiger partial charge in [0.1, 0.15) is 34.9 Å². The minimum absolute atomic E-state index is 0.540. The van der Waals surface area contributed by atoms with E-state index in [-0.39, 0.29) is 0 Å². The molecule has 584 valence electrons. The lowest BCUT2D eigenvalue weighted by molar-refractivity contribution is 0.0393. The van der Waals surface area contributed by atoms with Crippen LogP contribution in [0.1, 0.15) is 160 Å². The van der Waals surface area contributed by atoms with E-state index >= 15 is 0 Å². The summed E-state index contributed by atoms with van der Waals surface area (Å²) in [6.45, 7) is 18.7. The first-order valence-electron chi connectivity index (χ1n) is 41.8. The average molecular weight is 1490 g/mol. The number of nitrogens with zero attached hydrogens (tertiary/aromatic N) is 18. The number of hydrogen-bond donors (Lipinski definition) is 0. The number of fused-ring (bicyclic) bond motifs is 3. The number of ether oxygens (including phenoxy) is 1. The van der Waals surface area contributed by atoms with Crippen LogP contribution in [-0.4, -0.2) is 240 Å². The van der Waals surface area contributed by atoms with E-state index in [1.54, 1.807) is 0 Å². The fourth-order valence-electron chi connectivity index (χ4n) is 17.4. The summed E-state index contributed by atoms with van der Waals surface area (Å²) in [4.78, 5) is 59.4. The zero-order chi connectivity index (χ0) is 75.9. The first kappa shape index (κ1) is 76.7. The van der Waals surface area contributed by atoms with Crippen molar-refractivity contribution in [1.29, 1.82) is 0 Å². The third kappa shape index (κ3) is 18.4. The van der Waals surface area contributed by atoms with Crippen molar-refractivity contribution in [2.24, 2.45) is 0 Å². The van der Waals surface area contributed by atoms with Gasteiger partial charge in [-0.2, -0.15) is 0 Å². The molecule has 0 radical (unpaired) electrons. The Morgan fingerprint density at radius 2 is 0.627 bits per heavy atom. The van der Waals surface area contributed by atoms with Gasteiger partial charge in [-0.15, -0.1) is 0 Å². The minimum Gasteiger partial charge on any atom is -0.379 e. The minimum atomic E-state index is 0.540. The van der Waals surface area contributed by atoms with E-state index < -0.39 is 0 Å².